The van der Waals surface area contributed by atoms with Crippen molar-refractivity contribution >= 4 is 12.0 Å². The molecule has 242 valence electrons. The summed E-state index contributed by atoms with van der Waals surface area (Å²) in [5.74, 6) is -1.82. The molecule has 9 nitrogen and oxygen atoms in total. The van der Waals surface area contributed by atoms with E-state index < -0.39 is 58.0 Å². The van der Waals surface area contributed by atoms with Gasteiger partial charge in [-0.2, -0.15) is 13.2 Å². The number of pyridine rings is 2. The van der Waals surface area contributed by atoms with E-state index in [1.165, 1.54) is 18.2 Å². The van der Waals surface area contributed by atoms with Gasteiger partial charge >= 0.3 is 12.3 Å². The molecule has 3 heterocycles. The lowest BCUT2D eigenvalue weighted by molar-refractivity contribution is -0.140. The summed E-state index contributed by atoms with van der Waals surface area (Å²) in [6.45, 7) is 6.92. The van der Waals surface area contributed by atoms with Crippen LogP contribution in [0, 0.1) is 18.7 Å². The summed E-state index contributed by atoms with van der Waals surface area (Å²) < 4.78 is 66.8. The number of rotatable bonds is 7. The minimum atomic E-state index is -4.89. The molecule has 0 aliphatic heterocycles. The summed E-state index contributed by atoms with van der Waals surface area (Å²) in [4.78, 5) is 38.2. The maximum Gasteiger partial charge on any atom is 0.437 e. The molecule has 1 N–H and O–H groups in total. The number of hydrogen-bond donors (Lipinski definition) is 1. The summed E-state index contributed by atoms with van der Waals surface area (Å²) in [7, 11) is 1.65. The van der Waals surface area contributed by atoms with Gasteiger partial charge in [0.2, 0.25) is 5.62 Å². The van der Waals surface area contributed by atoms with Crippen LogP contribution in [0.1, 0.15) is 72.5 Å². The summed E-state index contributed by atoms with van der Waals surface area (Å²) >= 11 is 0. The maximum absolute atomic E-state index is 16.3. The van der Waals surface area contributed by atoms with Crippen molar-refractivity contribution in [2.45, 2.75) is 64.9 Å². The normalized spacial score (nSPS) is 14.7. The predicted molar refractivity (Wildman–Crippen MR) is 161 cm³/mol. The van der Waals surface area contributed by atoms with Gasteiger partial charge in [0.05, 0.1) is 23.8 Å². The number of amides is 2. The van der Waals surface area contributed by atoms with E-state index in [9.17, 15) is 22.8 Å². The molecular formula is C33H34F4N6O3. The van der Waals surface area contributed by atoms with Gasteiger partial charge in [-0.15, -0.1) is 4.99 Å². The first-order chi connectivity index (χ1) is 21.6. The molecule has 0 spiro atoms. The fraction of sp³-hybridized carbons (Fsp3) is 0.364. The van der Waals surface area contributed by atoms with Crippen molar-refractivity contribution in [3.8, 4) is 11.1 Å². The van der Waals surface area contributed by atoms with E-state index in [4.69, 9.17) is 4.74 Å². The molecular weight excluding hydrogens is 604 g/mol. The lowest BCUT2D eigenvalue weighted by Crippen LogP contribution is -2.31. The van der Waals surface area contributed by atoms with Gasteiger partial charge < -0.3 is 19.2 Å². The van der Waals surface area contributed by atoms with Gasteiger partial charge in [-0.1, -0.05) is 6.07 Å². The Morgan fingerprint density at radius 2 is 1.80 bits per heavy atom. The van der Waals surface area contributed by atoms with Gasteiger partial charge in [-0.25, -0.2) is 9.18 Å². The largest absolute Gasteiger partial charge is 0.442 e. The standard InChI is InChI=1S/C33H34F4N6O3/c1-19-10-12-38-25(15-19)27(21-8-9-21)40-29(44)24-17-20(16-23(26(24)34)22-7-6-11-39-28(22)33(35,36)37)18-43-14-13-42(5)30(43)41-31(45)46-32(2,3)4/h6-7,10-17,21,27H,8-9,18H2,1-5H3,(H,40,44)/b41-30+/t27-/m0/s1. The number of imidazole rings is 1. The zero-order valence-electron chi connectivity index (χ0n) is 26.0. The average molecular weight is 639 g/mol. The number of hydrogen-bond acceptors (Lipinski definition) is 5. The van der Waals surface area contributed by atoms with Gasteiger partial charge in [0.25, 0.3) is 5.91 Å². The first-order valence-corrected chi connectivity index (χ1v) is 14.7. The molecule has 0 unspecified atom stereocenters. The van der Waals surface area contributed by atoms with Crippen LogP contribution in [0.5, 0.6) is 0 Å². The van der Waals surface area contributed by atoms with Crippen molar-refractivity contribution < 1.29 is 31.9 Å². The number of nitrogens with zero attached hydrogens (tertiary/aromatic N) is 5. The van der Waals surface area contributed by atoms with Crippen LogP contribution in [0.2, 0.25) is 0 Å². The topological polar surface area (TPSA) is 103 Å². The van der Waals surface area contributed by atoms with Crippen LogP contribution in [0.3, 0.4) is 0 Å². The third kappa shape index (κ3) is 7.52. The SMILES string of the molecule is Cc1ccnc([C@@H](NC(=O)c2cc(Cn3ccn(C)/c3=N\C(=O)OC(C)(C)C)cc(-c3cccnc3C(F)(F)F)c2F)C2CC2)c1. The number of ether oxygens (including phenoxy) is 1. The molecule has 2 amide bonds. The van der Waals surface area contributed by atoms with E-state index in [0.29, 0.717) is 5.69 Å². The third-order valence-electron chi connectivity index (χ3n) is 7.36. The lowest BCUT2D eigenvalue weighted by atomic mass is 9.96. The van der Waals surface area contributed by atoms with Crippen LogP contribution in [-0.2, 0) is 24.5 Å². The number of aryl methyl sites for hydroxylation is 2. The predicted octanol–water partition coefficient (Wildman–Crippen LogP) is 6.52. The summed E-state index contributed by atoms with van der Waals surface area (Å²) in [6, 6.07) is 8.08. The Labute approximate surface area is 263 Å². The maximum atomic E-state index is 16.3. The number of carbonyl (C=O) groups excluding carboxylic acids is 2. The smallest absolute Gasteiger partial charge is 0.437 e. The highest BCUT2D eigenvalue weighted by molar-refractivity contribution is 5.96. The minimum absolute atomic E-state index is 0.0663. The second kappa shape index (κ2) is 12.5. The molecule has 1 fully saturated rings. The van der Waals surface area contributed by atoms with Crippen molar-refractivity contribution in [3.05, 3.63) is 101 Å². The molecule has 1 saturated carbocycles. The molecule has 0 saturated heterocycles. The number of alkyl halides is 3. The molecule has 1 aliphatic carbocycles. The summed E-state index contributed by atoms with van der Waals surface area (Å²) in [5, 5.41) is 2.89. The van der Waals surface area contributed by atoms with Crippen LogP contribution >= 0.6 is 0 Å². The number of benzene rings is 1. The Hall–Kier alpha value is -4.81. The van der Waals surface area contributed by atoms with Gasteiger partial charge in [0, 0.05) is 43.0 Å². The minimum Gasteiger partial charge on any atom is -0.442 e. The first kappa shape index (κ1) is 32.6. The number of nitrogens with one attached hydrogen (secondary N) is 1. The second-order valence-electron chi connectivity index (χ2n) is 12.4. The Kier molecular flexibility index (Phi) is 8.87. The van der Waals surface area contributed by atoms with Gasteiger partial charge in [0.15, 0.2) is 5.69 Å². The first-order valence-electron chi connectivity index (χ1n) is 14.7. The van der Waals surface area contributed by atoms with Crippen LogP contribution < -0.4 is 10.9 Å². The highest BCUT2D eigenvalue weighted by atomic mass is 19.4. The monoisotopic (exact) mass is 638 g/mol. The Morgan fingerprint density at radius 1 is 1.07 bits per heavy atom. The zero-order valence-corrected chi connectivity index (χ0v) is 26.0. The van der Waals surface area contributed by atoms with E-state index in [1.54, 1.807) is 55.5 Å². The Balaban J connectivity index is 1.61. The van der Waals surface area contributed by atoms with Crippen molar-refractivity contribution in [2.75, 3.05) is 0 Å². The van der Waals surface area contributed by atoms with Gasteiger partial charge in [0.1, 0.15) is 11.4 Å². The molecule has 3 aromatic heterocycles. The van der Waals surface area contributed by atoms with Crippen LogP contribution in [0.4, 0.5) is 22.4 Å². The van der Waals surface area contributed by atoms with E-state index in [1.807, 2.05) is 19.1 Å². The molecule has 0 bridgehead atoms. The Bertz CT molecular complexity index is 1850. The zero-order chi connectivity index (χ0) is 33.4. The van der Waals surface area contributed by atoms with Crippen molar-refractivity contribution in [3.63, 3.8) is 0 Å². The number of aromatic nitrogens is 4. The Morgan fingerprint density at radius 3 is 2.46 bits per heavy atom. The molecule has 1 atom stereocenters. The van der Waals surface area contributed by atoms with E-state index in [-0.39, 0.29) is 23.6 Å². The molecule has 0 radical (unpaired) electrons. The second-order valence-corrected chi connectivity index (χ2v) is 12.4. The quantitative estimate of drug-likeness (QED) is 0.233. The van der Waals surface area contributed by atoms with Crippen LogP contribution in [0.25, 0.3) is 11.1 Å². The molecule has 13 heteroatoms. The number of halogens is 4. The molecule has 1 aliphatic rings. The summed E-state index contributed by atoms with van der Waals surface area (Å²) in [6.07, 6.45) is 1.78. The highest BCUT2D eigenvalue weighted by Crippen LogP contribution is 2.41. The average Bonchev–Trinajstić information content (AvgIpc) is 3.76. The van der Waals surface area contributed by atoms with Crippen molar-refractivity contribution in [1.29, 1.82) is 0 Å². The third-order valence-corrected chi connectivity index (χ3v) is 7.36. The lowest BCUT2D eigenvalue weighted by Gasteiger charge is -2.20. The molecule has 1 aromatic carbocycles. The molecule has 46 heavy (non-hydrogen) atoms. The molecule has 5 rings (SSSR count). The van der Waals surface area contributed by atoms with Crippen molar-refractivity contribution in [2.24, 2.45) is 18.0 Å². The highest BCUT2D eigenvalue weighted by Gasteiger charge is 2.38. The molecule has 4 aromatic rings. The number of carbonyl (C=O) groups is 2. The van der Waals surface area contributed by atoms with Gasteiger partial charge in [-0.05, 0) is 87.9 Å². The van der Waals surface area contributed by atoms with Gasteiger partial charge in [-0.3, -0.25) is 14.8 Å². The fourth-order valence-electron chi connectivity index (χ4n) is 5.14. The summed E-state index contributed by atoms with van der Waals surface area (Å²) in [5.41, 5.74) is -1.47. The van der Waals surface area contributed by atoms with E-state index in [2.05, 4.69) is 20.3 Å². The van der Waals surface area contributed by atoms with Crippen LogP contribution in [-0.4, -0.2) is 36.7 Å². The van der Waals surface area contributed by atoms with E-state index in [0.717, 1.165) is 30.7 Å². The van der Waals surface area contributed by atoms with Crippen molar-refractivity contribution in [1.82, 2.24) is 24.4 Å². The fourth-order valence-corrected chi connectivity index (χ4v) is 5.14. The van der Waals surface area contributed by atoms with E-state index >= 15 is 4.39 Å². The van der Waals surface area contributed by atoms with Crippen LogP contribution in [0.15, 0.2) is 66.2 Å².